The van der Waals surface area contributed by atoms with Crippen LogP contribution in [0.4, 0.5) is 0 Å². The van der Waals surface area contributed by atoms with Gasteiger partial charge in [-0.3, -0.25) is 0 Å². The van der Waals surface area contributed by atoms with E-state index >= 15 is 0 Å². The van der Waals surface area contributed by atoms with Crippen LogP contribution in [0.25, 0.3) is 11.8 Å². The summed E-state index contributed by atoms with van der Waals surface area (Å²) in [6, 6.07) is 8.35. The number of aliphatic carboxylic acids is 1. The highest BCUT2D eigenvalue weighted by atomic mass is 16.4. The highest BCUT2D eigenvalue weighted by molar-refractivity contribution is 5.85. The molecule has 0 bridgehead atoms. The highest BCUT2D eigenvalue weighted by Crippen LogP contribution is 2.23. The summed E-state index contributed by atoms with van der Waals surface area (Å²) in [4.78, 5) is 10.6. The van der Waals surface area contributed by atoms with Crippen LogP contribution in [-0.2, 0) is 4.79 Å². The Balaban J connectivity index is 2.52. The third-order valence-electron chi connectivity index (χ3n) is 3.62. The molecular weight excluding hydrogens is 250 g/mol. The van der Waals surface area contributed by atoms with E-state index in [2.05, 4.69) is 36.6 Å². The summed E-state index contributed by atoms with van der Waals surface area (Å²) in [5, 5.41) is 8.73. The van der Waals surface area contributed by atoms with Gasteiger partial charge in [-0.2, -0.15) is 0 Å². The number of aryl methyl sites for hydroxylation is 3. The third-order valence-corrected chi connectivity index (χ3v) is 3.62. The first-order valence-electron chi connectivity index (χ1n) is 6.57. The van der Waals surface area contributed by atoms with Gasteiger partial charge in [-0.25, -0.2) is 4.79 Å². The molecule has 1 N–H and O–H groups in total. The van der Waals surface area contributed by atoms with E-state index in [1.54, 1.807) is 6.08 Å². The van der Waals surface area contributed by atoms with Crippen molar-refractivity contribution in [3.8, 4) is 5.69 Å². The lowest BCUT2D eigenvalue weighted by Crippen LogP contribution is -2.00. The van der Waals surface area contributed by atoms with Crippen LogP contribution in [0.3, 0.4) is 0 Å². The summed E-state index contributed by atoms with van der Waals surface area (Å²) in [5.41, 5.74) is 6.69. The lowest BCUT2D eigenvalue weighted by molar-refractivity contribution is -0.131. The Morgan fingerprint density at radius 1 is 1.10 bits per heavy atom. The Hall–Kier alpha value is -2.29. The molecule has 104 valence electrons. The van der Waals surface area contributed by atoms with Crippen molar-refractivity contribution in [1.82, 2.24) is 4.57 Å². The molecule has 0 amide bonds. The van der Waals surface area contributed by atoms with Gasteiger partial charge in [0.2, 0.25) is 0 Å². The number of carboxylic acid groups (broad SMARTS) is 1. The zero-order valence-electron chi connectivity index (χ0n) is 12.3. The fourth-order valence-corrected chi connectivity index (χ4v) is 2.38. The van der Waals surface area contributed by atoms with Crippen LogP contribution in [0.2, 0.25) is 0 Å². The number of carboxylic acids is 1. The topological polar surface area (TPSA) is 42.2 Å². The van der Waals surface area contributed by atoms with Crippen LogP contribution in [0, 0.1) is 27.7 Å². The van der Waals surface area contributed by atoms with Crippen LogP contribution in [-0.4, -0.2) is 15.6 Å². The van der Waals surface area contributed by atoms with Gasteiger partial charge < -0.3 is 9.67 Å². The smallest absolute Gasteiger partial charge is 0.328 e. The predicted octanol–water partition coefficient (Wildman–Crippen LogP) is 3.81. The maximum absolute atomic E-state index is 10.6. The number of aromatic nitrogens is 1. The highest BCUT2D eigenvalue weighted by Gasteiger charge is 2.09. The van der Waals surface area contributed by atoms with Crippen molar-refractivity contribution in [3.63, 3.8) is 0 Å². The van der Waals surface area contributed by atoms with Gasteiger partial charge in [0.15, 0.2) is 0 Å². The number of benzene rings is 1. The first-order chi connectivity index (χ1) is 9.40. The normalized spacial score (nSPS) is 11.2. The number of carbonyl (C=O) groups is 1. The molecule has 0 aliphatic carbocycles. The lowest BCUT2D eigenvalue weighted by Gasteiger charge is -2.11. The van der Waals surface area contributed by atoms with Gasteiger partial charge in [-0.05, 0) is 68.7 Å². The predicted molar refractivity (Wildman–Crippen MR) is 81.4 cm³/mol. The summed E-state index contributed by atoms with van der Waals surface area (Å²) < 4.78 is 2.15. The molecule has 3 nitrogen and oxygen atoms in total. The molecule has 1 aromatic heterocycles. The van der Waals surface area contributed by atoms with E-state index in [9.17, 15) is 4.79 Å². The second-order valence-electron chi connectivity index (χ2n) is 5.10. The summed E-state index contributed by atoms with van der Waals surface area (Å²) in [7, 11) is 0. The van der Waals surface area contributed by atoms with Crippen molar-refractivity contribution >= 4 is 12.0 Å². The number of rotatable bonds is 3. The van der Waals surface area contributed by atoms with Gasteiger partial charge in [0, 0.05) is 23.2 Å². The lowest BCUT2D eigenvalue weighted by atomic mass is 10.1. The molecule has 1 heterocycles. The van der Waals surface area contributed by atoms with Crippen LogP contribution in [0.5, 0.6) is 0 Å². The minimum Gasteiger partial charge on any atom is -0.478 e. The zero-order valence-corrected chi connectivity index (χ0v) is 12.3. The molecule has 0 aliphatic rings. The first kappa shape index (κ1) is 14.1. The fourth-order valence-electron chi connectivity index (χ4n) is 2.38. The van der Waals surface area contributed by atoms with Gasteiger partial charge in [-0.15, -0.1) is 0 Å². The molecule has 0 fully saturated rings. The Morgan fingerprint density at radius 3 is 2.40 bits per heavy atom. The minimum absolute atomic E-state index is 0.930. The van der Waals surface area contributed by atoms with Crippen molar-refractivity contribution in [2.75, 3.05) is 0 Å². The first-order valence-corrected chi connectivity index (χ1v) is 6.57. The van der Waals surface area contributed by atoms with E-state index < -0.39 is 5.97 Å². The van der Waals surface area contributed by atoms with Gasteiger partial charge in [0.25, 0.3) is 0 Å². The summed E-state index contributed by atoms with van der Waals surface area (Å²) in [5.74, 6) is -0.930. The maximum atomic E-state index is 10.6. The van der Waals surface area contributed by atoms with Crippen LogP contribution in [0.1, 0.15) is 28.1 Å². The molecule has 0 spiro atoms. The number of hydrogen-bond acceptors (Lipinski definition) is 1. The number of hydrogen-bond donors (Lipinski definition) is 1. The quantitative estimate of drug-likeness (QED) is 0.861. The molecule has 3 heteroatoms. The van der Waals surface area contributed by atoms with Crippen LogP contribution < -0.4 is 0 Å². The molecule has 0 saturated carbocycles. The molecule has 1 aromatic carbocycles. The maximum Gasteiger partial charge on any atom is 0.328 e. The van der Waals surface area contributed by atoms with Gasteiger partial charge in [-0.1, -0.05) is 6.07 Å². The van der Waals surface area contributed by atoms with E-state index in [1.807, 2.05) is 19.9 Å². The van der Waals surface area contributed by atoms with Gasteiger partial charge in [0.1, 0.15) is 0 Å². The Bertz CT molecular complexity index is 693. The molecule has 20 heavy (non-hydrogen) atoms. The van der Waals surface area contributed by atoms with Crippen LogP contribution >= 0.6 is 0 Å². The summed E-state index contributed by atoms with van der Waals surface area (Å²) in [6.07, 6.45) is 2.81. The van der Waals surface area contributed by atoms with Gasteiger partial charge >= 0.3 is 5.97 Å². The average Bonchev–Trinajstić information content (AvgIpc) is 2.65. The van der Waals surface area contributed by atoms with Crippen molar-refractivity contribution in [2.24, 2.45) is 0 Å². The Labute approximate surface area is 119 Å². The van der Waals surface area contributed by atoms with Crippen molar-refractivity contribution in [2.45, 2.75) is 27.7 Å². The number of nitrogens with zero attached hydrogens (tertiary/aromatic N) is 1. The van der Waals surface area contributed by atoms with Crippen molar-refractivity contribution in [3.05, 3.63) is 58.4 Å². The summed E-state index contributed by atoms with van der Waals surface area (Å²) in [6.45, 7) is 8.22. The van der Waals surface area contributed by atoms with E-state index in [1.165, 1.54) is 17.2 Å². The average molecular weight is 269 g/mol. The standard InChI is InChI=1S/C17H19NO2/c1-11-5-7-16(9-12(11)2)18-13(3)10-15(14(18)4)6-8-17(19)20/h5-10H,1-4H3,(H,19,20)/b8-6+. The molecule has 0 radical (unpaired) electrons. The second kappa shape index (κ2) is 5.37. The molecule has 2 aromatic rings. The largest absolute Gasteiger partial charge is 0.478 e. The zero-order chi connectivity index (χ0) is 14.9. The molecule has 0 saturated heterocycles. The SMILES string of the molecule is Cc1ccc(-n2c(C)cc(/C=C/C(=O)O)c2C)cc1C. The third kappa shape index (κ3) is 2.67. The summed E-state index contributed by atoms with van der Waals surface area (Å²) >= 11 is 0. The van der Waals surface area contributed by atoms with E-state index in [0.29, 0.717) is 0 Å². The van der Waals surface area contributed by atoms with E-state index in [4.69, 9.17) is 5.11 Å². The van der Waals surface area contributed by atoms with Gasteiger partial charge in [0.05, 0.1) is 0 Å². The molecular formula is C17H19NO2. The monoisotopic (exact) mass is 269 g/mol. The molecule has 0 atom stereocenters. The van der Waals surface area contributed by atoms with E-state index in [0.717, 1.165) is 22.6 Å². The molecule has 0 aliphatic heterocycles. The minimum atomic E-state index is -0.930. The molecule has 0 unspecified atom stereocenters. The Kier molecular flexibility index (Phi) is 3.79. The Morgan fingerprint density at radius 2 is 1.80 bits per heavy atom. The second-order valence-corrected chi connectivity index (χ2v) is 5.10. The van der Waals surface area contributed by atoms with E-state index in [-0.39, 0.29) is 0 Å². The molecule has 2 rings (SSSR count). The van der Waals surface area contributed by atoms with Crippen molar-refractivity contribution < 1.29 is 9.90 Å². The van der Waals surface area contributed by atoms with Crippen molar-refractivity contribution in [1.29, 1.82) is 0 Å². The fraction of sp³-hybridized carbons (Fsp3) is 0.235. The van der Waals surface area contributed by atoms with Crippen LogP contribution in [0.15, 0.2) is 30.3 Å².